The van der Waals surface area contributed by atoms with Crippen molar-refractivity contribution in [2.75, 3.05) is 19.0 Å². The summed E-state index contributed by atoms with van der Waals surface area (Å²) in [6.07, 6.45) is 0.808. The summed E-state index contributed by atoms with van der Waals surface area (Å²) < 4.78 is 11.0. The Morgan fingerprint density at radius 2 is 1.93 bits per heavy atom. The van der Waals surface area contributed by atoms with E-state index in [1.807, 2.05) is 13.0 Å². The second-order valence-corrected chi connectivity index (χ2v) is 6.75. The van der Waals surface area contributed by atoms with E-state index in [0.717, 1.165) is 11.8 Å². The molecule has 3 rings (SSSR count). The monoisotopic (exact) mass is 400 g/mol. The predicted molar refractivity (Wildman–Crippen MR) is 110 cm³/mol. The van der Waals surface area contributed by atoms with Crippen LogP contribution in [-0.2, 0) is 0 Å². The molecular formula is C21H21ClN2O4. The van der Waals surface area contributed by atoms with Gasteiger partial charge in [0, 0.05) is 22.5 Å². The van der Waals surface area contributed by atoms with Crippen LogP contribution in [-0.4, -0.2) is 25.5 Å². The van der Waals surface area contributed by atoms with Gasteiger partial charge in [0.05, 0.1) is 18.4 Å². The van der Waals surface area contributed by atoms with Crippen molar-refractivity contribution >= 4 is 40.1 Å². The molecule has 1 heterocycles. The van der Waals surface area contributed by atoms with Crippen LogP contribution < -0.4 is 15.4 Å². The van der Waals surface area contributed by atoms with E-state index in [4.69, 9.17) is 20.8 Å². The average molecular weight is 401 g/mol. The summed E-state index contributed by atoms with van der Waals surface area (Å²) in [5, 5.41) is 6.74. The van der Waals surface area contributed by atoms with E-state index in [2.05, 4.69) is 10.6 Å². The van der Waals surface area contributed by atoms with Crippen LogP contribution >= 0.6 is 11.6 Å². The highest BCUT2D eigenvalue weighted by molar-refractivity contribution is 6.31. The predicted octanol–water partition coefficient (Wildman–Crippen LogP) is 4.80. The normalized spacial score (nSPS) is 10.7. The number of aryl methyl sites for hydroxylation is 1. The molecule has 28 heavy (non-hydrogen) atoms. The van der Waals surface area contributed by atoms with E-state index in [9.17, 15) is 9.59 Å². The summed E-state index contributed by atoms with van der Waals surface area (Å²) >= 11 is 6.06. The zero-order valence-electron chi connectivity index (χ0n) is 15.9. The molecule has 1 aromatic heterocycles. The standard InChI is InChI=1S/C21H21ClN2O4/c1-4-9-23-20(25)15-7-5-13(22)10-17(15)24-21(26)19-12(2)16-11-14(27-3)6-8-18(16)28-19/h5-8,10-11H,4,9H2,1-3H3,(H,23,25)(H,24,26). The number of carbonyl (C=O) groups is 2. The fraction of sp³-hybridized carbons (Fsp3) is 0.238. The summed E-state index contributed by atoms with van der Waals surface area (Å²) in [6, 6.07) is 10.1. The average Bonchev–Trinajstić information content (AvgIpc) is 3.02. The topological polar surface area (TPSA) is 80.6 Å². The molecule has 0 unspecified atom stereocenters. The molecule has 6 nitrogen and oxygen atoms in total. The van der Waals surface area contributed by atoms with E-state index in [1.165, 1.54) is 0 Å². The van der Waals surface area contributed by atoms with Crippen molar-refractivity contribution in [2.24, 2.45) is 0 Å². The molecule has 0 radical (unpaired) electrons. The lowest BCUT2D eigenvalue weighted by Gasteiger charge is -2.11. The number of amides is 2. The van der Waals surface area contributed by atoms with Crippen LogP contribution in [0.25, 0.3) is 11.0 Å². The quantitative estimate of drug-likeness (QED) is 0.623. The van der Waals surface area contributed by atoms with Gasteiger partial charge in [-0.05, 0) is 49.7 Å². The van der Waals surface area contributed by atoms with Crippen molar-refractivity contribution in [3.8, 4) is 5.75 Å². The van der Waals surface area contributed by atoms with Crippen LogP contribution in [0.15, 0.2) is 40.8 Å². The van der Waals surface area contributed by atoms with E-state index in [-0.39, 0.29) is 11.7 Å². The van der Waals surface area contributed by atoms with Crippen molar-refractivity contribution in [3.63, 3.8) is 0 Å². The highest BCUT2D eigenvalue weighted by Crippen LogP contribution is 2.30. The van der Waals surface area contributed by atoms with E-state index >= 15 is 0 Å². The summed E-state index contributed by atoms with van der Waals surface area (Å²) in [6.45, 7) is 4.30. The maximum Gasteiger partial charge on any atom is 0.291 e. The molecule has 0 saturated carbocycles. The number of ether oxygens (including phenoxy) is 1. The Hall–Kier alpha value is -2.99. The van der Waals surface area contributed by atoms with Gasteiger partial charge in [-0.1, -0.05) is 18.5 Å². The molecule has 0 aliphatic carbocycles. The van der Waals surface area contributed by atoms with Gasteiger partial charge < -0.3 is 19.8 Å². The zero-order chi connectivity index (χ0) is 20.3. The number of carbonyl (C=O) groups excluding carboxylic acids is 2. The molecule has 0 atom stereocenters. The number of methoxy groups -OCH3 is 1. The largest absolute Gasteiger partial charge is 0.497 e. The third-order valence-corrected chi connectivity index (χ3v) is 4.59. The minimum atomic E-state index is -0.459. The summed E-state index contributed by atoms with van der Waals surface area (Å²) in [4.78, 5) is 25.2. The lowest BCUT2D eigenvalue weighted by atomic mass is 10.1. The van der Waals surface area contributed by atoms with Crippen molar-refractivity contribution < 1.29 is 18.7 Å². The molecule has 0 bridgehead atoms. The van der Waals surface area contributed by atoms with Gasteiger partial charge in [0.1, 0.15) is 11.3 Å². The lowest BCUT2D eigenvalue weighted by molar-refractivity contribution is 0.0954. The number of hydrogen-bond donors (Lipinski definition) is 2. The number of nitrogens with one attached hydrogen (secondary N) is 2. The highest BCUT2D eigenvalue weighted by Gasteiger charge is 2.21. The summed E-state index contributed by atoms with van der Waals surface area (Å²) in [5.74, 6) is 0.107. The molecule has 0 spiro atoms. The summed E-state index contributed by atoms with van der Waals surface area (Å²) in [5.41, 5.74) is 1.92. The maximum atomic E-state index is 12.8. The van der Waals surface area contributed by atoms with Crippen LogP contribution in [0.2, 0.25) is 5.02 Å². The fourth-order valence-electron chi connectivity index (χ4n) is 2.87. The van der Waals surface area contributed by atoms with Crippen molar-refractivity contribution in [1.82, 2.24) is 5.32 Å². The van der Waals surface area contributed by atoms with Gasteiger partial charge in [-0.2, -0.15) is 0 Å². The van der Waals surface area contributed by atoms with Crippen LogP contribution in [0.5, 0.6) is 5.75 Å². The minimum absolute atomic E-state index is 0.170. The second kappa shape index (κ2) is 8.35. The number of rotatable bonds is 6. The minimum Gasteiger partial charge on any atom is -0.497 e. The van der Waals surface area contributed by atoms with Crippen molar-refractivity contribution in [1.29, 1.82) is 0 Å². The Morgan fingerprint density at radius 3 is 2.64 bits per heavy atom. The van der Waals surface area contributed by atoms with Gasteiger partial charge in [0.2, 0.25) is 0 Å². The Kier molecular flexibility index (Phi) is 5.90. The lowest BCUT2D eigenvalue weighted by Crippen LogP contribution is -2.25. The first-order valence-corrected chi connectivity index (χ1v) is 9.28. The molecular weight excluding hydrogens is 380 g/mol. The molecule has 2 aromatic carbocycles. The number of anilines is 1. The third kappa shape index (κ3) is 3.97. The third-order valence-electron chi connectivity index (χ3n) is 4.36. The molecule has 0 aliphatic rings. The van der Waals surface area contributed by atoms with Gasteiger partial charge in [-0.15, -0.1) is 0 Å². The van der Waals surface area contributed by atoms with Crippen LogP contribution in [0.1, 0.15) is 39.8 Å². The fourth-order valence-corrected chi connectivity index (χ4v) is 3.05. The van der Waals surface area contributed by atoms with E-state index in [0.29, 0.717) is 39.7 Å². The van der Waals surface area contributed by atoms with Gasteiger partial charge in [0.25, 0.3) is 11.8 Å². The number of hydrogen-bond acceptors (Lipinski definition) is 4. The van der Waals surface area contributed by atoms with Crippen LogP contribution in [0, 0.1) is 6.92 Å². The molecule has 0 saturated heterocycles. The Morgan fingerprint density at radius 1 is 1.14 bits per heavy atom. The molecule has 7 heteroatoms. The first-order valence-electron chi connectivity index (χ1n) is 8.90. The number of halogens is 1. The molecule has 3 aromatic rings. The van der Waals surface area contributed by atoms with E-state index in [1.54, 1.807) is 44.4 Å². The van der Waals surface area contributed by atoms with Crippen LogP contribution in [0.3, 0.4) is 0 Å². The number of fused-ring (bicyclic) bond motifs is 1. The number of furan rings is 1. The van der Waals surface area contributed by atoms with Gasteiger partial charge >= 0.3 is 0 Å². The maximum absolute atomic E-state index is 12.8. The van der Waals surface area contributed by atoms with E-state index < -0.39 is 5.91 Å². The molecule has 2 amide bonds. The highest BCUT2D eigenvalue weighted by atomic mass is 35.5. The smallest absolute Gasteiger partial charge is 0.291 e. The van der Waals surface area contributed by atoms with Crippen molar-refractivity contribution in [3.05, 3.63) is 58.3 Å². The second-order valence-electron chi connectivity index (χ2n) is 6.32. The van der Waals surface area contributed by atoms with Crippen LogP contribution in [0.4, 0.5) is 5.69 Å². The number of benzene rings is 2. The molecule has 0 fully saturated rings. The first-order chi connectivity index (χ1) is 13.4. The Labute approximate surface area is 167 Å². The molecule has 0 aliphatic heterocycles. The SMILES string of the molecule is CCCNC(=O)c1ccc(Cl)cc1NC(=O)c1oc2ccc(OC)cc2c1C. The zero-order valence-corrected chi connectivity index (χ0v) is 16.6. The van der Waals surface area contributed by atoms with Crippen molar-refractivity contribution in [2.45, 2.75) is 20.3 Å². The Balaban J connectivity index is 1.93. The van der Waals surface area contributed by atoms with Gasteiger partial charge in [0.15, 0.2) is 5.76 Å². The molecule has 2 N–H and O–H groups in total. The Bertz CT molecular complexity index is 1040. The summed E-state index contributed by atoms with van der Waals surface area (Å²) in [7, 11) is 1.58. The first kappa shape index (κ1) is 19.8. The van der Waals surface area contributed by atoms with Gasteiger partial charge in [-0.3, -0.25) is 9.59 Å². The van der Waals surface area contributed by atoms with Gasteiger partial charge in [-0.25, -0.2) is 0 Å². The molecule has 146 valence electrons.